The van der Waals surface area contributed by atoms with Crippen LogP contribution in [-0.4, -0.2) is 34.1 Å². The molecule has 0 fully saturated rings. The second-order valence-corrected chi connectivity index (χ2v) is 4.63. The third kappa shape index (κ3) is 4.48. The highest BCUT2D eigenvalue weighted by Gasteiger charge is 2.18. The molecule has 19 heavy (non-hydrogen) atoms. The summed E-state index contributed by atoms with van der Waals surface area (Å²) < 4.78 is 5.83. The van der Waals surface area contributed by atoms with Crippen molar-refractivity contribution in [1.29, 1.82) is 0 Å². The molecular weight excluding hydrogens is 250 g/mol. The zero-order valence-electron chi connectivity index (χ0n) is 11.5. The lowest BCUT2D eigenvalue weighted by molar-refractivity contribution is -0.150. The van der Waals surface area contributed by atoms with E-state index in [0.29, 0.717) is 11.2 Å². The van der Waals surface area contributed by atoms with Crippen molar-refractivity contribution < 1.29 is 24.6 Å². The third-order valence-electron chi connectivity index (χ3n) is 3.03. The molecule has 108 valence electrons. The van der Waals surface area contributed by atoms with E-state index in [4.69, 9.17) is 9.57 Å². The van der Waals surface area contributed by atoms with Crippen molar-refractivity contribution in [2.45, 2.75) is 39.2 Å². The minimum absolute atomic E-state index is 0.167. The van der Waals surface area contributed by atoms with Crippen molar-refractivity contribution >= 4 is 5.97 Å². The predicted octanol–water partition coefficient (Wildman–Crippen LogP) is 1.70. The van der Waals surface area contributed by atoms with E-state index in [0.717, 1.165) is 12.8 Å². The normalized spacial score (nSPS) is 14.1. The maximum Gasteiger partial charge on any atom is 0.335 e. The van der Waals surface area contributed by atoms with Crippen LogP contribution in [-0.2, 0) is 9.53 Å². The van der Waals surface area contributed by atoms with Crippen molar-refractivity contribution in [1.82, 2.24) is 4.73 Å². The molecule has 0 spiro atoms. The maximum absolute atomic E-state index is 11.8. The number of aromatic hydroxyl groups is 2. The number of aromatic nitrogens is 1. The Labute approximate surface area is 112 Å². The first-order valence-corrected chi connectivity index (χ1v) is 6.30. The van der Waals surface area contributed by atoms with E-state index in [-0.39, 0.29) is 23.8 Å². The van der Waals surface area contributed by atoms with E-state index in [9.17, 15) is 15.0 Å². The van der Waals surface area contributed by atoms with Gasteiger partial charge in [0.05, 0.1) is 12.0 Å². The molecule has 0 radical (unpaired) electrons. The molecule has 0 saturated carbocycles. The van der Waals surface area contributed by atoms with Crippen LogP contribution < -0.4 is 4.84 Å². The molecule has 0 aliphatic carbocycles. The minimum atomic E-state index is -0.494. The number of carbonyl (C=O) groups is 1. The molecular formula is C13H21NO5. The zero-order chi connectivity index (χ0) is 14.4. The SMILES string of the molecule is COC(C)CCCC(C)C(=O)On1c(O)ccc1O. The lowest BCUT2D eigenvalue weighted by atomic mass is 10.0. The zero-order valence-corrected chi connectivity index (χ0v) is 11.5. The Bertz CT molecular complexity index is 396. The van der Waals surface area contributed by atoms with Crippen LogP contribution in [0.5, 0.6) is 11.8 Å². The summed E-state index contributed by atoms with van der Waals surface area (Å²) in [5, 5.41) is 18.7. The summed E-state index contributed by atoms with van der Waals surface area (Å²) in [5.41, 5.74) is 0. The average molecular weight is 271 g/mol. The van der Waals surface area contributed by atoms with Crippen LogP contribution in [0.25, 0.3) is 0 Å². The van der Waals surface area contributed by atoms with Crippen molar-refractivity contribution in [3.8, 4) is 11.8 Å². The monoisotopic (exact) mass is 271 g/mol. The Morgan fingerprint density at radius 2 is 1.84 bits per heavy atom. The quantitative estimate of drug-likeness (QED) is 0.788. The first-order valence-electron chi connectivity index (χ1n) is 6.30. The fourth-order valence-corrected chi connectivity index (χ4v) is 1.62. The first kappa shape index (κ1) is 15.4. The summed E-state index contributed by atoms with van der Waals surface area (Å²) in [5.74, 6) is -1.44. The number of nitrogens with zero attached hydrogens (tertiary/aromatic N) is 1. The van der Waals surface area contributed by atoms with Gasteiger partial charge in [-0.1, -0.05) is 13.3 Å². The molecule has 0 amide bonds. The van der Waals surface area contributed by atoms with Crippen LogP contribution >= 0.6 is 0 Å². The van der Waals surface area contributed by atoms with Gasteiger partial charge in [0.1, 0.15) is 0 Å². The Kier molecular flexibility index (Phi) is 5.69. The molecule has 0 saturated heterocycles. The van der Waals surface area contributed by atoms with Gasteiger partial charge in [-0.15, -0.1) is 4.73 Å². The van der Waals surface area contributed by atoms with Gasteiger partial charge in [0, 0.05) is 19.2 Å². The summed E-state index contributed by atoms with van der Waals surface area (Å²) in [6, 6.07) is 2.49. The smallest absolute Gasteiger partial charge is 0.335 e. The van der Waals surface area contributed by atoms with Gasteiger partial charge < -0.3 is 19.8 Å². The number of methoxy groups -OCH3 is 1. The molecule has 1 aromatic rings. The Balaban J connectivity index is 2.41. The lowest BCUT2D eigenvalue weighted by Gasteiger charge is -2.13. The van der Waals surface area contributed by atoms with E-state index < -0.39 is 5.97 Å². The molecule has 0 aliphatic heterocycles. The van der Waals surface area contributed by atoms with Gasteiger partial charge in [-0.25, -0.2) is 4.79 Å². The first-order chi connectivity index (χ1) is 8.95. The highest BCUT2D eigenvalue weighted by Crippen LogP contribution is 2.20. The Morgan fingerprint density at radius 1 is 1.26 bits per heavy atom. The van der Waals surface area contributed by atoms with Gasteiger partial charge in [0.2, 0.25) is 11.8 Å². The summed E-state index contributed by atoms with van der Waals surface area (Å²) in [4.78, 5) is 16.7. The minimum Gasteiger partial charge on any atom is -0.492 e. The van der Waals surface area contributed by atoms with Crippen molar-refractivity contribution in [2.24, 2.45) is 5.92 Å². The van der Waals surface area contributed by atoms with Gasteiger partial charge >= 0.3 is 5.97 Å². The van der Waals surface area contributed by atoms with Gasteiger partial charge in [-0.05, 0) is 19.8 Å². The largest absolute Gasteiger partial charge is 0.492 e. The number of hydrogen-bond donors (Lipinski definition) is 2. The van der Waals surface area contributed by atoms with E-state index in [1.165, 1.54) is 12.1 Å². The fourth-order valence-electron chi connectivity index (χ4n) is 1.62. The van der Waals surface area contributed by atoms with Crippen LogP contribution in [0.1, 0.15) is 33.1 Å². The van der Waals surface area contributed by atoms with E-state index in [1.54, 1.807) is 14.0 Å². The van der Waals surface area contributed by atoms with E-state index >= 15 is 0 Å². The highest BCUT2D eigenvalue weighted by atomic mass is 16.7. The highest BCUT2D eigenvalue weighted by molar-refractivity contribution is 5.72. The summed E-state index contributed by atoms with van der Waals surface area (Å²) in [7, 11) is 1.65. The van der Waals surface area contributed by atoms with Crippen LogP contribution in [0.2, 0.25) is 0 Å². The molecule has 0 bridgehead atoms. The van der Waals surface area contributed by atoms with Gasteiger partial charge in [-0.2, -0.15) is 0 Å². The molecule has 2 atom stereocenters. The number of carbonyl (C=O) groups excluding carboxylic acids is 1. The molecule has 6 heteroatoms. The van der Waals surface area contributed by atoms with Gasteiger partial charge in [0.25, 0.3) is 0 Å². The number of rotatable bonds is 7. The second-order valence-electron chi connectivity index (χ2n) is 4.63. The molecule has 0 aliphatic rings. The van der Waals surface area contributed by atoms with Crippen molar-refractivity contribution in [3.63, 3.8) is 0 Å². The number of hydrogen-bond acceptors (Lipinski definition) is 5. The molecule has 1 heterocycles. The second kappa shape index (κ2) is 7.04. The standard InChI is InChI=1S/C13H21NO5/c1-9(5-4-6-10(2)18-3)13(17)19-14-11(15)7-8-12(14)16/h7-10,15-16H,4-6H2,1-3H3. The molecule has 1 aromatic heterocycles. The topological polar surface area (TPSA) is 80.9 Å². The summed E-state index contributed by atoms with van der Waals surface area (Å²) >= 11 is 0. The van der Waals surface area contributed by atoms with Crippen LogP contribution in [0, 0.1) is 5.92 Å². The maximum atomic E-state index is 11.8. The average Bonchev–Trinajstić information content (AvgIpc) is 2.69. The van der Waals surface area contributed by atoms with Crippen molar-refractivity contribution in [3.05, 3.63) is 12.1 Å². The Hall–Kier alpha value is -1.69. The number of ether oxygens (including phenoxy) is 1. The van der Waals surface area contributed by atoms with E-state index in [1.807, 2.05) is 6.92 Å². The van der Waals surface area contributed by atoms with E-state index in [2.05, 4.69) is 0 Å². The van der Waals surface area contributed by atoms with Gasteiger partial charge in [-0.3, -0.25) is 0 Å². The van der Waals surface area contributed by atoms with Crippen LogP contribution in [0.3, 0.4) is 0 Å². The Morgan fingerprint density at radius 3 is 2.37 bits per heavy atom. The summed E-state index contributed by atoms with van der Waals surface area (Å²) in [6.07, 6.45) is 2.54. The molecule has 2 unspecified atom stereocenters. The third-order valence-corrected chi connectivity index (χ3v) is 3.03. The molecule has 0 aromatic carbocycles. The predicted molar refractivity (Wildman–Crippen MR) is 68.8 cm³/mol. The van der Waals surface area contributed by atoms with Crippen LogP contribution in [0.4, 0.5) is 0 Å². The van der Waals surface area contributed by atoms with Crippen molar-refractivity contribution in [2.75, 3.05) is 7.11 Å². The molecule has 6 nitrogen and oxygen atoms in total. The lowest BCUT2D eigenvalue weighted by Crippen LogP contribution is -2.25. The van der Waals surface area contributed by atoms with Gasteiger partial charge in [0.15, 0.2) is 0 Å². The molecule has 1 rings (SSSR count). The molecule has 2 N–H and O–H groups in total. The van der Waals surface area contributed by atoms with Crippen LogP contribution in [0.15, 0.2) is 12.1 Å². The summed E-state index contributed by atoms with van der Waals surface area (Å²) in [6.45, 7) is 3.72. The fraction of sp³-hybridized carbons (Fsp3) is 0.615.